The molecule has 8 heteroatoms. The molecule has 0 N–H and O–H groups in total. The fourth-order valence-corrected chi connectivity index (χ4v) is 8.25. The van der Waals surface area contributed by atoms with Crippen LogP contribution in [-0.4, -0.2) is 56.7 Å². The Morgan fingerprint density at radius 1 is 1.03 bits per heavy atom. The van der Waals surface area contributed by atoms with Crippen molar-refractivity contribution in [2.24, 2.45) is 28.6 Å². The number of hydrogen-bond acceptors (Lipinski definition) is 8. The third-order valence-corrected chi connectivity index (χ3v) is 10.3. The van der Waals surface area contributed by atoms with E-state index in [1.165, 1.54) is 57.9 Å². The van der Waals surface area contributed by atoms with Crippen molar-refractivity contribution in [1.29, 1.82) is 0 Å². The van der Waals surface area contributed by atoms with Gasteiger partial charge in [0.2, 0.25) is 0 Å². The van der Waals surface area contributed by atoms with Gasteiger partial charge in [-0.05, 0) is 62.2 Å². The summed E-state index contributed by atoms with van der Waals surface area (Å²) >= 11 is 0. The largest absolute Gasteiger partial charge is 0.492 e. The van der Waals surface area contributed by atoms with Crippen LogP contribution in [-0.2, 0) is 18.9 Å². The van der Waals surface area contributed by atoms with E-state index in [-0.39, 0.29) is 46.0 Å². The lowest BCUT2D eigenvalue weighted by atomic mass is 9.46. The van der Waals surface area contributed by atoms with Crippen molar-refractivity contribution in [3.05, 3.63) is 35.7 Å². The van der Waals surface area contributed by atoms with Crippen LogP contribution in [0.2, 0.25) is 0 Å². The van der Waals surface area contributed by atoms with Gasteiger partial charge in [0.25, 0.3) is 0 Å². The maximum Gasteiger partial charge on any atom is 0.343 e. The molecule has 1 aromatic rings. The molecule has 4 fully saturated rings. The molecule has 6 atom stereocenters. The summed E-state index contributed by atoms with van der Waals surface area (Å²) in [6.07, 6.45) is 12.7. The van der Waals surface area contributed by atoms with Crippen molar-refractivity contribution in [1.82, 2.24) is 4.98 Å². The average Bonchev–Trinajstić information content (AvgIpc) is 3.48. The first-order valence-electron chi connectivity index (χ1n) is 14.4. The SMILES string of the molecule is C=C1CCC2[C@]3(C)CO[C@@H](C4CCCC4)O[C@@H]3CC[C@@]2(C)[C@@H]1CCOc1c(C(=O)OC)cncc1C(=O)OC. The van der Waals surface area contributed by atoms with Gasteiger partial charge in [0, 0.05) is 23.7 Å². The second kappa shape index (κ2) is 11.2. The second-order valence-corrected chi connectivity index (χ2v) is 12.4. The Morgan fingerprint density at radius 2 is 1.69 bits per heavy atom. The molecule has 1 aliphatic heterocycles. The fraction of sp³-hybridized carbons (Fsp3) is 0.710. The summed E-state index contributed by atoms with van der Waals surface area (Å²) in [5, 5.41) is 0. The van der Waals surface area contributed by atoms with E-state index >= 15 is 0 Å². The summed E-state index contributed by atoms with van der Waals surface area (Å²) in [6.45, 7) is 10.3. The molecule has 0 amide bonds. The minimum atomic E-state index is -0.614. The smallest absolute Gasteiger partial charge is 0.343 e. The Morgan fingerprint density at radius 3 is 2.33 bits per heavy atom. The molecule has 4 aliphatic rings. The van der Waals surface area contributed by atoms with Crippen LogP contribution in [0.4, 0.5) is 0 Å². The minimum absolute atomic E-state index is 0.0332. The Kier molecular flexibility index (Phi) is 8.07. The zero-order valence-corrected chi connectivity index (χ0v) is 23.8. The van der Waals surface area contributed by atoms with Crippen LogP contribution in [0.15, 0.2) is 24.5 Å². The molecule has 1 saturated heterocycles. The number of fused-ring (bicyclic) bond motifs is 3. The third kappa shape index (κ3) is 4.99. The molecule has 0 aromatic carbocycles. The highest BCUT2D eigenvalue weighted by molar-refractivity contribution is 5.99. The number of ether oxygens (including phenoxy) is 5. The predicted octanol–water partition coefficient (Wildman–Crippen LogP) is 5.74. The van der Waals surface area contributed by atoms with Crippen molar-refractivity contribution < 1.29 is 33.3 Å². The lowest BCUT2D eigenvalue weighted by molar-refractivity contribution is -0.316. The molecule has 5 rings (SSSR count). The van der Waals surface area contributed by atoms with Gasteiger partial charge in [-0.2, -0.15) is 0 Å². The molecule has 1 aromatic heterocycles. The first kappa shape index (κ1) is 28.1. The summed E-state index contributed by atoms with van der Waals surface area (Å²) in [6, 6.07) is 0. The number of aromatic nitrogens is 1. The Balaban J connectivity index is 1.32. The Labute approximate surface area is 231 Å². The van der Waals surface area contributed by atoms with Crippen LogP contribution < -0.4 is 4.74 Å². The molecule has 0 radical (unpaired) electrons. The van der Waals surface area contributed by atoms with Gasteiger partial charge in [0.15, 0.2) is 12.0 Å². The molecule has 3 saturated carbocycles. The number of nitrogens with zero attached hydrogens (tertiary/aromatic N) is 1. The Hall–Kier alpha value is -2.45. The van der Waals surface area contributed by atoms with Gasteiger partial charge >= 0.3 is 11.9 Å². The topological polar surface area (TPSA) is 93.2 Å². The zero-order valence-electron chi connectivity index (χ0n) is 23.8. The lowest BCUT2D eigenvalue weighted by Gasteiger charge is -2.63. The van der Waals surface area contributed by atoms with Crippen molar-refractivity contribution in [3.63, 3.8) is 0 Å². The van der Waals surface area contributed by atoms with Crippen LogP contribution in [0.1, 0.15) is 92.4 Å². The predicted molar refractivity (Wildman–Crippen MR) is 144 cm³/mol. The first-order valence-corrected chi connectivity index (χ1v) is 14.4. The van der Waals surface area contributed by atoms with Crippen molar-refractivity contribution >= 4 is 11.9 Å². The highest BCUT2D eigenvalue weighted by Crippen LogP contribution is 2.63. The lowest BCUT2D eigenvalue weighted by Crippen LogP contribution is -2.62. The van der Waals surface area contributed by atoms with Crippen LogP contribution >= 0.6 is 0 Å². The van der Waals surface area contributed by atoms with Crippen molar-refractivity contribution in [3.8, 4) is 5.75 Å². The van der Waals surface area contributed by atoms with Crippen molar-refractivity contribution in [2.75, 3.05) is 27.4 Å². The average molecular weight is 542 g/mol. The van der Waals surface area contributed by atoms with E-state index in [0.717, 1.165) is 38.7 Å². The number of methoxy groups -OCH3 is 2. The molecular weight excluding hydrogens is 498 g/mol. The van der Waals surface area contributed by atoms with Crippen molar-refractivity contribution in [2.45, 2.75) is 84.0 Å². The number of carbonyl (C=O) groups is 2. The monoisotopic (exact) mass is 541 g/mol. The van der Waals surface area contributed by atoms with E-state index in [0.29, 0.717) is 18.4 Å². The molecule has 0 spiro atoms. The summed E-state index contributed by atoms with van der Waals surface area (Å²) in [7, 11) is 2.57. The summed E-state index contributed by atoms with van der Waals surface area (Å²) in [5.41, 5.74) is 1.45. The maximum atomic E-state index is 12.4. The van der Waals surface area contributed by atoms with Crippen LogP contribution in [0.3, 0.4) is 0 Å². The zero-order chi connectivity index (χ0) is 27.8. The van der Waals surface area contributed by atoms with Crippen LogP contribution in [0.25, 0.3) is 0 Å². The van der Waals surface area contributed by atoms with Gasteiger partial charge in [0.05, 0.1) is 33.5 Å². The number of allylic oxidation sites excluding steroid dienone is 1. The van der Waals surface area contributed by atoms with Gasteiger partial charge in [-0.15, -0.1) is 0 Å². The number of rotatable bonds is 7. The van der Waals surface area contributed by atoms with Gasteiger partial charge in [-0.1, -0.05) is 38.8 Å². The molecule has 3 aliphatic carbocycles. The molecule has 8 nitrogen and oxygen atoms in total. The number of pyridine rings is 1. The second-order valence-electron chi connectivity index (χ2n) is 12.4. The molecule has 39 heavy (non-hydrogen) atoms. The van der Waals surface area contributed by atoms with Gasteiger partial charge < -0.3 is 23.7 Å². The Bertz CT molecular complexity index is 1060. The van der Waals surface area contributed by atoms with E-state index in [9.17, 15) is 9.59 Å². The van der Waals surface area contributed by atoms with E-state index in [2.05, 4.69) is 25.4 Å². The summed E-state index contributed by atoms with van der Waals surface area (Å²) < 4.78 is 29.1. The van der Waals surface area contributed by atoms with E-state index in [1.807, 2.05) is 0 Å². The van der Waals surface area contributed by atoms with Gasteiger partial charge in [-0.3, -0.25) is 4.98 Å². The third-order valence-electron chi connectivity index (χ3n) is 10.3. The summed E-state index contributed by atoms with van der Waals surface area (Å²) in [4.78, 5) is 28.8. The van der Waals surface area contributed by atoms with Crippen LogP contribution in [0, 0.1) is 28.6 Å². The molecule has 214 valence electrons. The normalized spacial score (nSPS) is 34.6. The molecular formula is C31H43NO7. The quantitative estimate of drug-likeness (QED) is 0.319. The number of esters is 2. The molecule has 2 heterocycles. The number of hydrogen-bond donors (Lipinski definition) is 0. The minimum Gasteiger partial charge on any atom is -0.492 e. The van der Waals surface area contributed by atoms with Gasteiger partial charge in [0.1, 0.15) is 11.1 Å². The standard InChI is InChI=1S/C31H43NO7/c1-19-10-11-24-30(2,14-12-25-31(24,3)18-38-29(39-25)20-8-6-7-9-20)23(19)13-15-37-26-21(27(33)35-4)16-32-17-22(26)28(34)36-5/h16-17,20,23-25,29H,1,6-15,18H2,2-5H3/t23-,24?,25-,29-,30+,31+/m1/s1. The van der Waals surface area contributed by atoms with Gasteiger partial charge in [-0.25, -0.2) is 9.59 Å². The fourth-order valence-electron chi connectivity index (χ4n) is 8.25. The first-order chi connectivity index (χ1) is 18.7. The highest BCUT2D eigenvalue weighted by Gasteiger charge is 2.60. The summed E-state index contributed by atoms with van der Waals surface area (Å²) in [5.74, 6) is 0.146. The van der Waals surface area contributed by atoms with E-state index < -0.39 is 11.9 Å². The maximum absolute atomic E-state index is 12.4. The molecule has 0 bridgehead atoms. The highest BCUT2D eigenvalue weighted by atomic mass is 16.7. The number of carbonyl (C=O) groups excluding carboxylic acids is 2. The van der Waals surface area contributed by atoms with E-state index in [4.69, 9.17) is 23.7 Å². The molecule has 1 unspecified atom stereocenters. The van der Waals surface area contributed by atoms with Crippen LogP contribution in [0.5, 0.6) is 5.75 Å². The van der Waals surface area contributed by atoms with E-state index in [1.54, 1.807) is 0 Å².